The van der Waals surface area contributed by atoms with Crippen LogP contribution in [0.25, 0.3) is 0 Å². The fourth-order valence-electron chi connectivity index (χ4n) is 1.97. The fraction of sp³-hybridized carbons (Fsp3) is 0.357. The molecule has 0 amide bonds. The zero-order valence-electron chi connectivity index (χ0n) is 11.1. The maximum absolute atomic E-state index is 6.40. The van der Waals surface area contributed by atoms with E-state index in [1.165, 1.54) is 0 Å². The van der Waals surface area contributed by atoms with Crippen LogP contribution in [0.5, 0.6) is 5.75 Å². The van der Waals surface area contributed by atoms with Crippen molar-refractivity contribution in [2.45, 2.75) is 18.9 Å². The highest BCUT2D eigenvalue weighted by Gasteiger charge is 2.23. The molecule has 1 aromatic heterocycles. The van der Waals surface area contributed by atoms with E-state index in [1.54, 1.807) is 13.3 Å². The van der Waals surface area contributed by atoms with Crippen LogP contribution in [0.1, 0.15) is 18.3 Å². The van der Waals surface area contributed by atoms with Crippen LogP contribution in [-0.2, 0) is 19.0 Å². The quantitative estimate of drug-likeness (QED) is 0.894. The summed E-state index contributed by atoms with van der Waals surface area (Å²) in [5.41, 5.74) is 7.03. The molecule has 0 aliphatic carbocycles. The zero-order chi connectivity index (χ0) is 13.2. The number of ether oxygens (including phenoxy) is 1. The lowest BCUT2D eigenvalue weighted by Gasteiger charge is -2.25. The van der Waals surface area contributed by atoms with E-state index in [-0.39, 0.29) is 0 Å². The first-order valence-electron chi connectivity index (χ1n) is 5.92. The van der Waals surface area contributed by atoms with E-state index in [1.807, 2.05) is 49.0 Å². The summed E-state index contributed by atoms with van der Waals surface area (Å²) in [4.78, 5) is 4.32. The number of benzene rings is 1. The van der Waals surface area contributed by atoms with Gasteiger partial charge < -0.3 is 15.0 Å². The molecular formula is C14H19N3O. The monoisotopic (exact) mass is 245 g/mol. The van der Waals surface area contributed by atoms with Crippen LogP contribution in [0.4, 0.5) is 0 Å². The van der Waals surface area contributed by atoms with Gasteiger partial charge in [-0.25, -0.2) is 4.98 Å². The number of hydrogen-bond donors (Lipinski definition) is 1. The average Bonchev–Trinajstić information content (AvgIpc) is 2.74. The summed E-state index contributed by atoms with van der Waals surface area (Å²) in [7, 11) is 3.64. The topological polar surface area (TPSA) is 53.1 Å². The van der Waals surface area contributed by atoms with Gasteiger partial charge in [-0.15, -0.1) is 0 Å². The Morgan fingerprint density at radius 2 is 2.00 bits per heavy atom. The van der Waals surface area contributed by atoms with Gasteiger partial charge in [-0.1, -0.05) is 12.1 Å². The summed E-state index contributed by atoms with van der Waals surface area (Å²) in [5, 5.41) is 0. The number of aromatic nitrogens is 2. The van der Waals surface area contributed by atoms with Crippen LogP contribution in [0.2, 0.25) is 0 Å². The van der Waals surface area contributed by atoms with Gasteiger partial charge in [0.2, 0.25) is 0 Å². The molecule has 2 rings (SSSR count). The lowest BCUT2D eigenvalue weighted by molar-refractivity contribution is 0.413. The molecule has 1 aromatic carbocycles. The van der Waals surface area contributed by atoms with Crippen molar-refractivity contribution in [3.63, 3.8) is 0 Å². The maximum atomic E-state index is 6.40. The number of methoxy groups -OCH3 is 1. The summed E-state index contributed by atoms with van der Waals surface area (Å²) in [6.07, 6.45) is 4.42. The molecule has 2 N–H and O–H groups in total. The van der Waals surface area contributed by atoms with Crippen LogP contribution in [0.15, 0.2) is 36.7 Å². The molecule has 0 bridgehead atoms. The third-order valence-electron chi connectivity index (χ3n) is 3.20. The largest absolute Gasteiger partial charge is 0.497 e. The van der Waals surface area contributed by atoms with E-state index in [9.17, 15) is 0 Å². The highest BCUT2D eigenvalue weighted by Crippen LogP contribution is 2.24. The summed E-state index contributed by atoms with van der Waals surface area (Å²) < 4.78 is 7.14. The van der Waals surface area contributed by atoms with E-state index < -0.39 is 5.54 Å². The lowest BCUT2D eigenvalue weighted by atomic mass is 9.89. The van der Waals surface area contributed by atoms with Crippen LogP contribution in [0.3, 0.4) is 0 Å². The number of nitrogens with zero attached hydrogens (tertiary/aromatic N) is 2. The molecule has 1 heterocycles. The predicted octanol–water partition coefficient (Wildman–Crippen LogP) is 1.85. The number of imidazole rings is 1. The third kappa shape index (κ3) is 2.54. The maximum Gasteiger partial charge on any atom is 0.118 e. The Balaban J connectivity index is 2.21. The van der Waals surface area contributed by atoms with E-state index in [0.717, 1.165) is 17.1 Å². The Morgan fingerprint density at radius 3 is 2.50 bits per heavy atom. The van der Waals surface area contributed by atoms with Gasteiger partial charge >= 0.3 is 0 Å². The molecule has 1 unspecified atom stereocenters. The molecule has 4 heteroatoms. The molecular weight excluding hydrogens is 226 g/mol. The van der Waals surface area contributed by atoms with Gasteiger partial charge in [-0.3, -0.25) is 0 Å². The molecule has 2 aromatic rings. The molecule has 0 aliphatic rings. The van der Waals surface area contributed by atoms with Crippen molar-refractivity contribution < 1.29 is 4.74 Å². The van der Waals surface area contributed by atoms with Gasteiger partial charge in [0.05, 0.1) is 7.11 Å². The molecule has 0 radical (unpaired) electrons. The van der Waals surface area contributed by atoms with Gasteiger partial charge in [0.25, 0.3) is 0 Å². The van der Waals surface area contributed by atoms with Gasteiger partial charge in [-0.05, 0) is 24.6 Å². The highest BCUT2D eigenvalue weighted by molar-refractivity contribution is 5.32. The van der Waals surface area contributed by atoms with Crippen molar-refractivity contribution in [1.82, 2.24) is 9.55 Å². The summed E-state index contributed by atoms with van der Waals surface area (Å²) in [6, 6.07) is 7.86. The van der Waals surface area contributed by atoms with Crippen LogP contribution >= 0.6 is 0 Å². The first kappa shape index (κ1) is 12.6. The van der Waals surface area contributed by atoms with Gasteiger partial charge in [-0.2, -0.15) is 0 Å². The van der Waals surface area contributed by atoms with E-state index in [4.69, 9.17) is 10.5 Å². The molecule has 1 atom stereocenters. The second-order valence-electron chi connectivity index (χ2n) is 4.78. The average molecular weight is 245 g/mol. The Kier molecular flexibility index (Phi) is 3.39. The third-order valence-corrected chi connectivity index (χ3v) is 3.20. The Morgan fingerprint density at radius 1 is 1.33 bits per heavy atom. The normalized spacial score (nSPS) is 14.2. The van der Waals surface area contributed by atoms with Crippen LogP contribution < -0.4 is 10.5 Å². The van der Waals surface area contributed by atoms with E-state index in [0.29, 0.717) is 6.42 Å². The molecule has 0 aliphatic heterocycles. The summed E-state index contributed by atoms with van der Waals surface area (Å²) >= 11 is 0. The van der Waals surface area contributed by atoms with Crippen molar-refractivity contribution in [3.05, 3.63) is 48.0 Å². The van der Waals surface area contributed by atoms with Crippen LogP contribution in [-0.4, -0.2) is 16.7 Å². The Bertz CT molecular complexity index is 514. The van der Waals surface area contributed by atoms with Crippen molar-refractivity contribution in [3.8, 4) is 5.75 Å². The summed E-state index contributed by atoms with van der Waals surface area (Å²) in [5.74, 6) is 1.82. The van der Waals surface area contributed by atoms with Crippen molar-refractivity contribution in [2.24, 2.45) is 12.8 Å². The molecule has 0 saturated carbocycles. The highest BCUT2D eigenvalue weighted by atomic mass is 16.5. The predicted molar refractivity (Wildman–Crippen MR) is 71.4 cm³/mol. The molecule has 0 fully saturated rings. The first-order valence-corrected chi connectivity index (χ1v) is 5.92. The van der Waals surface area contributed by atoms with Gasteiger partial charge in [0.1, 0.15) is 11.6 Å². The minimum Gasteiger partial charge on any atom is -0.497 e. The fourth-order valence-corrected chi connectivity index (χ4v) is 1.97. The van der Waals surface area contributed by atoms with E-state index >= 15 is 0 Å². The second-order valence-corrected chi connectivity index (χ2v) is 4.78. The minimum absolute atomic E-state index is 0.439. The zero-order valence-corrected chi connectivity index (χ0v) is 11.1. The van der Waals surface area contributed by atoms with Gasteiger partial charge in [0.15, 0.2) is 0 Å². The first-order chi connectivity index (χ1) is 8.53. The number of nitrogens with two attached hydrogens (primary N) is 1. The van der Waals surface area contributed by atoms with Gasteiger partial charge in [0, 0.05) is 31.4 Å². The molecule has 4 nitrogen and oxygen atoms in total. The standard InChI is InChI=1S/C14H19N3O/c1-14(15,10-13-16-8-9-17(13)2)11-4-6-12(18-3)7-5-11/h4-9H,10,15H2,1-3H3. The number of aryl methyl sites for hydroxylation is 1. The molecule has 18 heavy (non-hydrogen) atoms. The Hall–Kier alpha value is -1.81. The van der Waals surface area contributed by atoms with E-state index in [2.05, 4.69) is 4.98 Å². The number of rotatable bonds is 4. The van der Waals surface area contributed by atoms with Crippen molar-refractivity contribution in [1.29, 1.82) is 0 Å². The minimum atomic E-state index is -0.439. The lowest BCUT2D eigenvalue weighted by Crippen LogP contribution is -2.36. The Labute approximate surface area is 107 Å². The molecule has 96 valence electrons. The SMILES string of the molecule is COc1ccc(C(C)(N)Cc2nccn2C)cc1. The molecule has 0 saturated heterocycles. The number of hydrogen-bond acceptors (Lipinski definition) is 3. The van der Waals surface area contributed by atoms with Crippen LogP contribution in [0, 0.1) is 0 Å². The van der Waals surface area contributed by atoms with Crippen molar-refractivity contribution in [2.75, 3.05) is 7.11 Å². The molecule has 0 spiro atoms. The second kappa shape index (κ2) is 4.82. The van der Waals surface area contributed by atoms with Crippen molar-refractivity contribution >= 4 is 0 Å². The summed E-state index contributed by atoms with van der Waals surface area (Å²) in [6.45, 7) is 2.02. The smallest absolute Gasteiger partial charge is 0.118 e.